The lowest BCUT2D eigenvalue weighted by Crippen LogP contribution is -2.32. The van der Waals surface area contributed by atoms with Crippen molar-refractivity contribution in [2.45, 2.75) is 30.3 Å². The quantitative estimate of drug-likeness (QED) is 0.757. The number of aliphatic hydroxyl groups is 1. The molecule has 1 aromatic rings. The van der Waals surface area contributed by atoms with Gasteiger partial charge in [-0.3, -0.25) is 0 Å². The van der Waals surface area contributed by atoms with Crippen molar-refractivity contribution in [3.63, 3.8) is 0 Å². The predicted molar refractivity (Wildman–Crippen MR) is 76.9 cm³/mol. The number of aromatic carboxylic acids is 1. The van der Waals surface area contributed by atoms with E-state index in [2.05, 4.69) is 4.72 Å². The lowest BCUT2D eigenvalue weighted by Gasteiger charge is -2.16. The second kappa shape index (κ2) is 6.31. The molecule has 1 aliphatic carbocycles. The van der Waals surface area contributed by atoms with Gasteiger partial charge >= 0.3 is 5.97 Å². The lowest BCUT2D eigenvalue weighted by molar-refractivity contribution is 0.0696. The van der Waals surface area contributed by atoms with Crippen LogP contribution >= 0.6 is 11.6 Å². The molecule has 2 atom stereocenters. The molecule has 0 spiro atoms. The molecule has 3 N–H and O–H groups in total. The molecule has 8 heteroatoms. The van der Waals surface area contributed by atoms with E-state index < -0.39 is 22.1 Å². The molecular formula is C13H16ClNO5S. The molecule has 1 aromatic carbocycles. The first-order valence-electron chi connectivity index (χ1n) is 6.52. The highest BCUT2D eigenvalue weighted by atomic mass is 35.5. The first-order valence-corrected chi connectivity index (χ1v) is 8.38. The number of nitrogens with one attached hydrogen (secondary N) is 1. The summed E-state index contributed by atoms with van der Waals surface area (Å²) in [4.78, 5) is 10.6. The Balaban J connectivity index is 2.19. The summed E-state index contributed by atoms with van der Waals surface area (Å²) < 4.78 is 26.8. The SMILES string of the molecule is O=C(O)c1ccc(Cl)c(S(=O)(=O)NCC2CCCC2O)c1. The van der Waals surface area contributed by atoms with Crippen LogP contribution in [0.5, 0.6) is 0 Å². The van der Waals surface area contributed by atoms with Gasteiger partial charge in [-0.1, -0.05) is 18.0 Å². The minimum atomic E-state index is -3.91. The summed E-state index contributed by atoms with van der Waals surface area (Å²) in [5.41, 5.74) is -0.152. The van der Waals surface area contributed by atoms with Gasteiger partial charge in [-0.15, -0.1) is 0 Å². The first kappa shape index (κ1) is 16.2. The number of halogens is 1. The van der Waals surface area contributed by atoms with Gasteiger partial charge in [0, 0.05) is 6.54 Å². The third kappa shape index (κ3) is 3.74. The fraction of sp³-hybridized carbons (Fsp3) is 0.462. The number of rotatable bonds is 5. The highest BCUT2D eigenvalue weighted by Gasteiger charge is 2.27. The fourth-order valence-corrected chi connectivity index (χ4v) is 4.01. The van der Waals surface area contributed by atoms with Crippen molar-refractivity contribution in [3.05, 3.63) is 28.8 Å². The molecule has 0 bridgehead atoms. The van der Waals surface area contributed by atoms with E-state index in [0.29, 0.717) is 6.42 Å². The molecule has 0 aliphatic heterocycles. The minimum absolute atomic E-state index is 0.0422. The number of hydrogen-bond acceptors (Lipinski definition) is 4. The Labute approximate surface area is 127 Å². The standard InChI is InChI=1S/C13H16ClNO5S/c14-10-5-4-8(13(17)18)6-12(10)21(19,20)15-7-9-2-1-3-11(9)16/h4-6,9,11,15-16H,1-3,7H2,(H,17,18). The highest BCUT2D eigenvalue weighted by Crippen LogP contribution is 2.26. The Morgan fingerprint density at radius 2 is 2.10 bits per heavy atom. The van der Waals surface area contributed by atoms with E-state index in [1.807, 2.05) is 0 Å². The number of benzene rings is 1. The van der Waals surface area contributed by atoms with E-state index in [0.717, 1.165) is 18.9 Å². The zero-order valence-corrected chi connectivity index (χ0v) is 12.7. The van der Waals surface area contributed by atoms with Crippen molar-refractivity contribution < 1.29 is 23.4 Å². The molecule has 116 valence electrons. The Kier molecular flexibility index (Phi) is 4.88. The third-order valence-electron chi connectivity index (χ3n) is 3.62. The molecule has 2 unspecified atom stereocenters. The number of carboxylic acids is 1. The van der Waals surface area contributed by atoms with Crippen LogP contribution in [-0.4, -0.2) is 37.2 Å². The molecule has 0 saturated heterocycles. The van der Waals surface area contributed by atoms with Gasteiger partial charge in [-0.05, 0) is 37.0 Å². The number of sulfonamides is 1. The van der Waals surface area contributed by atoms with Gasteiger partial charge in [-0.2, -0.15) is 0 Å². The summed E-state index contributed by atoms with van der Waals surface area (Å²) in [5.74, 6) is -1.35. The summed E-state index contributed by atoms with van der Waals surface area (Å²) in [6.07, 6.45) is 1.78. The number of hydrogen-bond donors (Lipinski definition) is 3. The van der Waals surface area contributed by atoms with Crippen molar-refractivity contribution >= 4 is 27.6 Å². The smallest absolute Gasteiger partial charge is 0.335 e. The fourth-order valence-electron chi connectivity index (χ4n) is 2.39. The Morgan fingerprint density at radius 1 is 1.38 bits per heavy atom. The Bertz CT molecular complexity index is 646. The van der Waals surface area contributed by atoms with Crippen molar-refractivity contribution in [2.75, 3.05) is 6.54 Å². The molecule has 6 nitrogen and oxygen atoms in total. The molecule has 21 heavy (non-hydrogen) atoms. The monoisotopic (exact) mass is 333 g/mol. The van der Waals surface area contributed by atoms with E-state index >= 15 is 0 Å². The van der Waals surface area contributed by atoms with Gasteiger partial charge < -0.3 is 10.2 Å². The van der Waals surface area contributed by atoms with Crippen LogP contribution in [0.3, 0.4) is 0 Å². The van der Waals surface area contributed by atoms with Crippen molar-refractivity contribution in [2.24, 2.45) is 5.92 Å². The normalized spacial score (nSPS) is 22.4. The molecule has 0 heterocycles. The molecule has 1 fully saturated rings. The minimum Gasteiger partial charge on any atom is -0.478 e. The van der Waals surface area contributed by atoms with E-state index in [1.165, 1.54) is 12.1 Å². The van der Waals surface area contributed by atoms with Crippen LogP contribution in [0.25, 0.3) is 0 Å². The third-order valence-corrected chi connectivity index (χ3v) is 5.53. The van der Waals surface area contributed by atoms with E-state index in [1.54, 1.807) is 0 Å². The summed E-state index contributed by atoms with van der Waals surface area (Å²) in [7, 11) is -3.91. The lowest BCUT2D eigenvalue weighted by atomic mass is 10.1. The number of carboxylic acid groups (broad SMARTS) is 1. The topological polar surface area (TPSA) is 104 Å². The van der Waals surface area contributed by atoms with E-state index in [4.69, 9.17) is 16.7 Å². The Hall–Kier alpha value is -1.15. The zero-order valence-electron chi connectivity index (χ0n) is 11.1. The second-order valence-electron chi connectivity index (χ2n) is 5.06. The van der Waals surface area contributed by atoms with Crippen LogP contribution in [0, 0.1) is 5.92 Å². The molecule has 0 aromatic heterocycles. The van der Waals surface area contributed by atoms with Crippen LogP contribution < -0.4 is 4.72 Å². The van der Waals surface area contributed by atoms with Crippen molar-refractivity contribution in [1.29, 1.82) is 0 Å². The summed E-state index contributed by atoms with van der Waals surface area (Å²) in [6, 6.07) is 3.51. The van der Waals surface area contributed by atoms with Gasteiger partial charge in [0.25, 0.3) is 0 Å². The van der Waals surface area contributed by atoms with Gasteiger partial charge in [0.1, 0.15) is 4.90 Å². The average molecular weight is 334 g/mol. The van der Waals surface area contributed by atoms with Gasteiger partial charge in [0.2, 0.25) is 10.0 Å². The maximum atomic E-state index is 12.2. The van der Waals surface area contributed by atoms with Gasteiger partial charge in [0.05, 0.1) is 16.7 Å². The summed E-state index contributed by atoms with van der Waals surface area (Å²) in [6.45, 7) is 0.108. The Morgan fingerprint density at radius 3 is 2.67 bits per heavy atom. The summed E-state index contributed by atoms with van der Waals surface area (Å²) in [5, 5.41) is 18.6. The second-order valence-corrected chi connectivity index (χ2v) is 7.20. The molecule has 2 rings (SSSR count). The van der Waals surface area contributed by atoms with Gasteiger partial charge in [-0.25, -0.2) is 17.9 Å². The number of aliphatic hydroxyl groups excluding tert-OH is 1. The van der Waals surface area contributed by atoms with Crippen LogP contribution in [0.2, 0.25) is 5.02 Å². The maximum absolute atomic E-state index is 12.2. The van der Waals surface area contributed by atoms with Crippen molar-refractivity contribution in [3.8, 4) is 0 Å². The molecule has 0 radical (unpaired) electrons. The maximum Gasteiger partial charge on any atom is 0.335 e. The van der Waals surface area contributed by atoms with Crippen LogP contribution in [0.1, 0.15) is 29.6 Å². The average Bonchev–Trinajstić information content (AvgIpc) is 2.82. The predicted octanol–water partition coefficient (Wildman–Crippen LogP) is 1.48. The highest BCUT2D eigenvalue weighted by molar-refractivity contribution is 7.89. The summed E-state index contributed by atoms with van der Waals surface area (Å²) >= 11 is 5.85. The number of carbonyl (C=O) groups is 1. The molecule has 1 aliphatic rings. The molecular weight excluding hydrogens is 318 g/mol. The zero-order chi connectivity index (χ0) is 15.6. The van der Waals surface area contributed by atoms with Gasteiger partial charge in [0.15, 0.2) is 0 Å². The largest absolute Gasteiger partial charge is 0.478 e. The van der Waals surface area contributed by atoms with Crippen molar-refractivity contribution in [1.82, 2.24) is 4.72 Å². The molecule has 0 amide bonds. The van der Waals surface area contributed by atoms with Crippen LogP contribution in [-0.2, 0) is 10.0 Å². The van der Waals surface area contributed by atoms with Crippen LogP contribution in [0.4, 0.5) is 0 Å². The van der Waals surface area contributed by atoms with Crippen LogP contribution in [0.15, 0.2) is 23.1 Å². The molecule has 1 saturated carbocycles. The van der Waals surface area contributed by atoms with E-state index in [9.17, 15) is 18.3 Å². The first-order chi connectivity index (χ1) is 9.81. The van der Waals surface area contributed by atoms with E-state index in [-0.39, 0.29) is 27.9 Å².